The minimum Gasteiger partial charge on any atom is -0.328 e. The highest BCUT2D eigenvalue weighted by molar-refractivity contribution is 5.77. The van der Waals surface area contributed by atoms with Gasteiger partial charge in [0.1, 0.15) is 5.82 Å². The Kier molecular flexibility index (Phi) is 2.57. The summed E-state index contributed by atoms with van der Waals surface area (Å²) in [7, 11) is 0. The van der Waals surface area contributed by atoms with E-state index >= 15 is 0 Å². The van der Waals surface area contributed by atoms with Crippen molar-refractivity contribution in [2.45, 2.75) is 38.4 Å². The number of aromatic nitrogens is 2. The van der Waals surface area contributed by atoms with Gasteiger partial charge in [0.2, 0.25) is 0 Å². The molecule has 2 nitrogen and oxygen atoms in total. The first-order valence-corrected chi connectivity index (χ1v) is 6.12. The first-order valence-electron chi connectivity index (χ1n) is 6.12. The molecular weight excluding hydrogens is 241 g/mol. The molecular formula is C13H13F3N2. The van der Waals surface area contributed by atoms with Gasteiger partial charge in [0.25, 0.3) is 0 Å². The maximum absolute atomic E-state index is 12.6. The molecule has 0 bridgehead atoms. The lowest BCUT2D eigenvalue weighted by atomic mass is 10.2. The lowest BCUT2D eigenvalue weighted by Crippen LogP contribution is -2.04. The van der Waals surface area contributed by atoms with Crippen LogP contribution >= 0.6 is 0 Å². The van der Waals surface area contributed by atoms with Crippen molar-refractivity contribution in [3.63, 3.8) is 0 Å². The third kappa shape index (κ3) is 1.87. The predicted octanol–water partition coefficient (Wildman–Crippen LogP) is 3.78. The SMILES string of the molecule is FC(F)(F)c1ccc2c(c1)nc1n2CCCCC1. The van der Waals surface area contributed by atoms with Gasteiger partial charge in [-0.05, 0) is 31.0 Å². The van der Waals surface area contributed by atoms with Gasteiger partial charge in [-0.1, -0.05) is 6.42 Å². The fraction of sp³-hybridized carbons (Fsp3) is 0.462. The number of aryl methyl sites for hydroxylation is 2. The van der Waals surface area contributed by atoms with Crippen molar-refractivity contribution < 1.29 is 13.2 Å². The van der Waals surface area contributed by atoms with Crippen LogP contribution in [-0.4, -0.2) is 9.55 Å². The van der Waals surface area contributed by atoms with Crippen LogP contribution in [0, 0.1) is 0 Å². The van der Waals surface area contributed by atoms with E-state index in [0.29, 0.717) is 5.52 Å². The first kappa shape index (κ1) is 11.6. The van der Waals surface area contributed by atoms with E-state index in [2.05, 4.69) is 9.55 Å². The van der Waals surface area contributed by atoms with Gasteiger partial charge in [-0.25, -0.2) is 4.98 Å². The topological polar surface area (TPSA) is 17.8 Å². The highest BCUT2D eigenvalue weighted by Gasteiger charge is 2.31. The quantitative estimate of drug-likeness (QED) is 0.699. The van der Waals surface area contributed by atoms with Crippen molar-refractivity contribution in [3.05, 3.63) is 29.6 Å². The number of halogens is 3. The van der Waals surface area contributed by atoms with E-state index in [1.165, 1.54) is 0 Å². The van der Waals surface area contributed by atoms with E-state index < -0.39 is 11.7 Å². The van der Waals surface area contributed by atoms with Crippen LogP contribution in [0.15, 0.2) is 18.2 Å². The molecule has 0 spiro atoms. The molecule has 0 aliphatic carbocycles. The van der Waals surface area contributed by atoms with Crippen LogP contribution in [0.3, 0.4) is 0 Å². The maximum Gasteiger partial charge on any atom is 0.416 e. The molecule has 5 heteroatoms. The summed E-state index contributed by atoms with van der Waals surface area (Å²) in [6.45, 7) is 0.858. The van der Waals surface area contributed by atoms with Crippen LogP contribution in [0.1, 0.15) is 30.7 Å². The maximum atomic E-state index is 12.6. The van der Waals surface area contributed by atoms with E-state index in [4.69, 9.17) is 0 Å². The molecule has 0 amide bonds. The summed E-state index contributed by atoms with van der Waals surface area (Å²) < 4.78 is 39.9. The predicted molar refractivity (Wildman–Crippen MR) is 62.3 cm³/mol. The largest absolute Gasteiger partial charge is 0.416 e. The number of hydrogen-bond donors (Lipinski definition) is 0. The average molecular weight is 254 g/mol. The molecule has 1 aliphatic heterocycles. The Bertz CT molecular complexity index is 584. The van der Waals surface area contributed by atoms with Crippen molar-refractivity contribution in [2.75, 3.05) is 0 Å². The standard InChI is InChI=1S/C13H13F3N2/c14-13(15,16)9-5-6-11-10(8-9)17-12-4-2-1-3-7-18(11)12/h5-6,8H,1-4,7H2. The molecule has 0 radical (unpaired) electrons. The lowest BCUT2D eigenvalue weighted by molar-refractivity contribution is -0.137. The number of rotatable bonds is 0. The third-order valence-corrected chi connectivity index (χ3v) is 3.44. The van der Waals surface area contributed by atoms with E-state index in [0.717, 1.165) is 55.7 Å². The Morgan fingerprint density at radius 2 is 1.94 bits per heavy atom. The Morgan fingerprint density at radius 1 is 1.11 bits per heavy atom. The van der Waals surface area contributed by atoms with Crippen LogP contribution in [0.4, 0.5) is 13.2 Å². The summed E-state index contributed by atoms with van der Waals surface area (Å²) in [6, 6.07) is 3.83. The molecule has 0 fully saturated rings. The van der Waals surface area contributed by atoms with Gasteiger partial charge in [0, 0.05) is 13.0 Å². The highest BCUT2D eigenvalue weighted by atomic mass is 19.4. The summed E-state index contributed by atoms with van der Waals surface area (Å²) >= 11 is 0. The molecule has 2 heterocycles. The van der Waals surface area contributed by atoms with Crippen LogP contribution in [-0.2, 0) is 19.1 Å². The van der Waals surface area contributed by atoms with Crippen molar-refractivity contribution >= 4 is 11.0 Å². The zero-order chi connectivity index (χ0) is 12.8. The van der Waals surface area contributed by atoms with E-state index in [1.54, 1.807) is 6.07 Å². The molecule has 2 aromatic rings. The normalized spacial score (nSPS) is 16.6. The van der Waals surface area contributed by atoms with Crippen LogP contribution in [0.5, 0.6) is 0 Å². The average Bonchev–Trinajstić information content (AvgIpc) is 2.50. The summed E-state index contributed by atoms with van der Waals surface area (Å²) in [5.74, 6) is 0.918. The zero-order valence-electron chi connectivity index (χ0n) is 9.80. The summed E-state index contributed by atoms with van der Waals surface area (Å²) in [6.07, 6.45) is -0.147. The number of fused-ring (bicyclic) bond motifs is 3. The minimum absolute atomic E-state index is 0.460. The zero-order valence-corrected chi connectivity index (χ0v) is 9.80. The van der Waals surface area contributed by atoms with Crippen LogP contribution in [0.2, 0.25) is 0 Å². The van der Waals surface area contributed by atoms with Crippen molar-refractivity contribution in [3.8, 4) is 0 Å². The Hall–Kier alpha value is -1.52. The minimum atomic E-state index is -4.30. The number of alkyl halides is 3. The smallest absolute Gasteiger partial charge is 0.328 e. The van der Waals surface area contributed by atoms with E-state index in [9.17, 15) is 13.2 Å². The molecule has 1 aromatic heterocycles. The molecule has 0 saturated carbocycles. The second-order valence-corrected chi connectivity index (χ2v) is 4.69. The molecule has 1 aromatic carbocycles. The first-order chi connectivity index (χ1) is 8.55. The van der Waals surface area contributed by atoms with Gasteiger partial charge in [-0.3, -0.25) is 0 Å². The summed E-state index contributed by atoms with van der Waals surface area (Å²) in [5, 5.41) is 0. The lowest BCUT2D eigenvalue weighted by Gasteiger charge is -2.07. The Balaban J connectivity index is 2.14. The summed E-state index contributed by atoms with van der Waals surface area (Å²) in [4.78, 5) is 4.35. The monoisotopic (exact) mass is 254 g/mol. The molecule has 18 heavy (non-hydrogen) atoms. The van der Waals surface area contributed by atoms with Gasteiger partial charge < -0.3 is 4.57 Å². The van der Waals surface area contributed by atoms with Crippen LogP contribution in [0.25, 0.3) is 11.0 Å². The summed E-state index contributed by atoms with van der Waals surface area (Å²) in [5.41, 5.74) is 0.657. The van der Waals surface area contributed by atoms with Crippen molar-refractivity contribution in [1.29, 1.82) is 0 Å². The molecule has 96 valence electrons. The fourth-order valence-corrected chi connectivity index (χ4v) is 2.53. The van der Waals surface area contributed by atoms with Gasteiger partial charge in [-0.2, -0.15) is 13.2 Å². The third-order valence-electron chi connectivity index (χ3n) is 3.44. The van der Waals surface area contributed by atoms with E-state index in [-0.39, 0.29) is 0 Å². The molecule has 1 aliphatic rings. The number of nitrogens with zero attached hydrogens (tertiary/aromatic N) is 2. The fourth-order valence-electron chi connectivity index (χ4n) is 2.53. The van der Waals surface area contributed by atoms with Gasteiger partial charge >= 0.3 is 6.18 Å². The second-order valence-electron chi connectivity index (χ2n) is 4.69. The molecule has 0 unspecified atom stereocenters. The molecule has 3 rings (SSSR count). The van der Waals surface area contributed by atoms with Crippen molar-refractivity contribution in [2.24, 2.45) is 0 Å². The highest BCUT2D eigenvalue weighted by Crippen LogP contribution is 2.32. The molecule has 0 N–H and O–H groups in total. The molecule has 0 saturated heterocycles. The number of benzene rings is 1. The second kappa shape index (κ2) is 4.00. The van der Waals surface area contributed by atoms with Gasteiger partial charge in [0.15, 0.2) is 0 Å². The Labute approximate surface area is 102 Å². The van der Waals surface area contributed by atoms with Crippen LogP contribution < -0.4 is 0 Å². The number of imidazole rings is 1. The molecule has 0 atom stereocenters. The Morgan fingerprint density at radius 3 is 2.72 bits per heavy atom. The van der Waals surface area contributed by atoms with Crippen molar-refractivity contribution in [1.82, 2.24) is 9.55 Å². The number of hydrogen-bond acceptors (Lipinski definition) is 1. The van der Waals surface area contributed by atoms with Gasteiger partial charge in [0.05, 0.1) is 16.6 Å². The van der Waals surface area contributed by atoms with E-state index in [1.807, 2.05) is 0 Å². The van der Waals surface area contributed by atoms with Gasteiger partial charge in [-0.15, -0.1) is 0 Å².